The maximum absolute atomic E-state index is 4.22. The maximum Gasteiger partial charge on any atom is 0.0950 e. The Bertz CT molecular complexity index is 274. The highest BCUT2D eigenvalue weighted by molar-refractivity contribution is 5.01. The molecular weight excluding hydrogens is 172 g/mol. The van der Waals surface area contributed by atoms with E-state index in [1.807, 2.05) is 12.5 Å². The Morgan fingerprint density at radius 3 is 2.36 bits per heavy atom. The molecule has 0 fully saturated rings. The van der Waals surface area contributed by atoms with Gasteiger partial charge in [-0.1, -0.05) is 20.8 Å². The Morgan fingerprint density at radius 1 is 1.21 bits per heavy atom. The molecule has 0 aromatic carbocycles. The van der Waals surface area contributed by atoms with Gasteiger partial charge >= 0.3 is 0 Å². The average Bonchev–Trinajstić information content (AvgIpc) is 2.52. The molecule has 1 aromatic rings. The normalized spacial score (nSPS) is 13.9. The zero-order chi connectivity index (χ0) is 10.7. The van der Waals surface area contributed by atoms with Gasteiger partial charge < -0.3 is 4.57 Å². The van der Waals surface area contributed by atoms with Crippen LogP contribution in [0.3, 0.4) is 0 Å². The molecule has 14 heavy (non-hydrogen) atoms. The van der Waals surface area contributed by atoms with Gasteiger partial charge in [-0.2, -0.15) is 0 Å². The van der Waals surface area contributed by atoms with Gasteiger partial charge in [0.15, 0.2) is 0 Å². The van der Waals surface area contributed by atoms with E-state index in [-0.39, 0.29) is 0 Å². The van der Waals surface area contributed by atoms with E-state index >= 15 is 0 Å². The first-order chi connectivity index (χ1) is 6.52. The fourth-order valence-corrected chi connectivity index (χ4v) is 1.52. The number of aromatic nitrogens is 2. The van der Waals surface area contributed by atoms with Crippen molar-refractivity contribution >= 4 is 0 Å². The van der Waals surface area contributed by atoms with Crippen LogP contribution in [-0.2, 0) is 6.42 Å². The molecule has 0 bridgehead atoms. The van der Waals surface area contributed by atoms with Crippen LogP contribution in [-0.4, -0.2) is 9.55 Å². The molecule has 0 aliphatic rings. The first-order valence-electron chi connectivity index (χ1n) is 5.53. The molecule has 2 nitrogen and oxygen atoms in total. The van der Waals surface area contributed by atoms with Crippen molar-refractivity contribution in [3.63, 3.8) is 0 Å². The van der Waals surface area contributed by atoms with Crippen LogP contribution in [0.4, 0.5) is 0 Å². The first kappa shape index (κ1) is 11.3. The monoisotopic (exact) mass is 194 g/mol. The topological polar surface area (TPSA) is 17.8 Å². The highest BCUT2D eigenvalue weighted by atomic mass is 15.1. The van der Waals surface area contributed by atoms with E-state index in [4.69, 9.17) is 0 Å². The molecule has 0 amide bonds. The van der Waals surface area contributed by atoms with Crippen molar-refractivity contribution in [1.29, 1.82) is 0 Å². The number of imidazole rings is 1. The molecule has 1 rings (SSSR count). The quantitative estimate of drug-likeness (QED) is 0.719. The second kappa shape index (κ2) is 4.63. The molecule has 0 saturated heterocycles. The maximum atomic E-state index is 4.22. The Kier molecular flexibility index (Phi) is 3.73. The van der Waals surface area contributed by atoms with Gasteiger partial charge in [0.25, 0.3) is 0 Å². The summed E-state index contributed by atoms with van der Waals surface area (Å²) in [5.74, 6) is 1.47. The molecular formula is C12H22N2. The number of hydrogen-bond acceptors (Lipinski definition) is 1. The van der Waals surface area contributed by atoms with E-state index < -0.39 is 0 Å². The van der Waals surface area contributed by atoms with Crippen molar-refractivity contribution in [3.05, 3.63) is 18.2 Å². The largest absolute Gasteiger partial charge is 0.332 e. The summed E-state index contributed by atoms with van der Waals surface area (Å²) in [6, 6.07) is 0.520. The third-order valence-electron chi connectivity index (χ3n) is 2.97. The highest BCUT2D eigenvalue weighted by Gasteiger charge is 2.12. The second-order valence-corrected chi connectivity index (χ2v) is 4.81. The van der Waals surface area contributed by atoms with Crippen LogP contribution in [0, 0.1) is 11.8 Å². The van der Waals surface area contributed by atoms with E-state index in [1.54, 1.807) is 0 Å². The third-order valence-corrected chi connectivity index (χ3v) is 2.97. The summed E-state index contributed by atoms with van der Waals surface area (Å²) in [5.41, 5.74) is 1.36. The zero-order valence-corrected chi connectivity index (χ0v) is 9.99. The van der Waals surface area contributed by atoms with E-state index in [9.17, 15) is 0 Å². The van der Waals surface area contributed by atoms with E-state index in [0.717, 1.165) is 18.3 Å². The Balaban J connectivity index is 2.71. The van der Waals surface area contributed by atoms with Gasteiger partial charge in [-0.3, -0.25) is 0 Å². The van der Waals surface area contributed by atoms with Crippen LogP contribution in [0.2, 0.25) is 0 Å². The minimum atomic E-state index is 0.520. The van der Waals surface area contributed by atoms with E-state index in [0.29, 0.717) is 6.04 Å². The standard InChI is InChI=1S/C12H22N2/c1-9(2)11(5)6-12-7-13-8-14(12)10(3)4/h7-11H,6H2,1-5H3. The number of rotatable bonds is 4. The van der Waals surface area contributed by atoms with Gasteiger partial charge in [-0.25, -0.2) is 4.98 Å². The number of nitrogens with zero attached hydrogens (tertiary/aromatic N) is 2. The molecule has 1 heterocycles. The van der Waals surface area contributed by atoms with Gasteiger partial charge in [0, 0.05) is 17.9 Å². The fraction of sp³-hybridized carbons (Fsp3) is 0.750. The molecule has 1 unspecified atom stereocenters. The lowest BCUT2D eigenvalue weighted by atomic mass is 9.93. The Morgan fingerprint density at radius 2 is 1.86 bits per heavy atom. The van der Waals surface area contributed by atoms with Crippen LogP contribution in [0.1, 0.15) is 46.4 Å². The summed E-state index contributed by atoms with van der Waals surface area (Å²) in [6.07, 6.45) is 5.07. The minimum Gasteiger partial charge on any atom is -0.332 e. The van der Waals surface area contributed by atoms with E-state index in [1.165, 1.54) is 5.69 Å². The van der Waals surface area contributed by atoms with Crippen LogP contribution >= 0.6 is 0 Å². The number of hydrogen-bond donors (Lipinski definition) is 0. The van der Waals surface area contributed by atoms with Gasteiger partial charge in [0.05, 0.1) is 6.33 Å². The van der Waals surface area contributed by atoms with Crippen molar-refractivity contribution in [3.8, 4) is 0 Å². The fourth-order valence-electron chi connectivity index (χ4n) is 1.52. The molecule has 0 spiro atoms. The molecule has 1 atom stereocenters. The highest BCUT2D eigenvalue weighted by Crippen LogP contribution is 2.18. The van der Waals surface area contributed by atoms with Crippen LogP contribution in [0.25, 0.3) is 0 Å². The molecule has 2 heteroatoms. The van der Waals surface area contributed by atoms with Crippen molar-refractivity contribution in [2.24, 2.45) is 11.8 Å². The first-order valence-corrected chi connectivity index (χ1v) is 5.53. The predicted molar refractivity (Wildman–Crippen MR) is 60.3 cm³/mol. The summed E-state index contributed by atoms with van der Waals surface area (Å²) in [4.78, 5) is 4.22. The second-order valence-electron chi connectivity index (χ2n) is 4.81. The molecule has 0 saturated carbocycles. The van der Waals surface area contributed by atoms with Crippen LogP contribution in [0.15, 0.2) is 12.5 Å². The summed E-state index contributed by atoms with van der Waals surface area (Å²) in [6.45, 7) is 11.3. The van der Waals surface area contributed by atoms with Gasteiger partial charge in [0.1, 0.15) is 0 Å². The van der Waals surface area contributed by atoms with Crippen molar-refractivity contribution in [2.45, 2.75) is 47.1 Å². The van der Waals surface area contributed by atoms with Crippen molar-refractivity contribution in [2.75, 3.05) is 0 Å². The molecule has 1 aromatic heterocycles. The lowest BCUT2D eigenvalue weighted by Crippen LogP contribution is -2.12. The van der Waals surface area contributed by atoms with Crippen LogP contribution in [0.5, 0.6) is 0 Å². The molecule has 0 radical (unpaired) electrons. The molecule has 0 aliphatic carbocycles. The van der Waals surface area contributed by atoms with Crippen molar-refractivity contribution < 1.29 is 0 Å². The summed E-state index contributed by atoms with van der Waals surface area (Å²) in [5, 5.41) is 0. The molecule has 0 N–H and O–H groups in total. The Labute approximate surface area is 87.4 Å². The smallest absolute Gasteiger partial charge is 0.0950 e. The minimum absolute atomic E-state index is 0.520. The van der Waals surface area contributed by atoms with Gasteiger partial charge in [-0.15, -0.1) is 0 Å². The Hall–Kier alpha value is -0.790. The van der Waals surface area contributed by atoms with Gasteiger partial charge in [-0.05, 0) is 32.1 Å². The summed E-state index contributed by atoms with van der Waals surface area (Å²) < 4.78 is 2.26. The van der Waals surface area contributed by atoms with E-state index in [2.05, 4.69) is 44.2 Å². The van der Waals surface area contributed by atoms with Crippen molar-refractivity contribution in [1.82, 2.24) is 9.55 Å². The van der Waals surface area contributed by atoms with Crippen LogP contribution < -0.4 is 0 Å². The SMILES string of the molecule is CC(C)C(C)Cc1cncn1C(C)C. The summed E-state index contributed by atoms with van der Waals surface area (Å²) >= 11 is 0. The lowest BCUT2D eigenvalue weighted by Gasteiger charge is -2.18. The summed E-state index contributed by atoms with van der Waals surface area (Å²) in [7, 11) is 0. The van der Waals surface area contributed by atoms with Gasteiger partial charge in [0.2, 0.25) is 0 Å². The molecule has 80 valence electrons. The average molecular weight is 194 g/mol. The predicted octanol–water partition coefficient (Wildman–Crippen LogP) is 3.30. The molecule has 0 aliphatic heterocycles. The lowest BCUT2D eigenvalue weighted by molar-refractivity contribution is 0.403. The zero-order valence-electron chi connectivity index (χ0n) is 9.99. The third kappa shape index (κ3) is 2.60.